The Hall–Kier alpha value is -0.160. The van der Waals surface area contributed by atoms with Gasteiger partial charge in [-0.15, -0.1) is 0 Å². The summed E-state index contributed by atoms with van der Waals surface area (Å²) in [5.41, 5.74) is 0.589. The first-order valence-electron chi connectivity index (χ1n) is 8.57. The standard InChI is InChI=1S/C17H32N2O2/c1-16(2)13-5-6-17(16,3)14(11-13)21-15(20)12-19-9-7-18(4)8-10-19/h13-15,20H,5-12H2,1-4H3/t13-,14-,15-,17-/m1/s1. The van der Waals surface area contributed by atoms with Crippen LogP contribution in [0.15, 0.2) is 0 Å². The molecule has 0 aromatic rings. The van der Waals surface area contributed by atoms with Gasteiger partial charge in [0, 0.05) is 32.7 Å². The topological polar surface area (TPSA) is 35.9 Å². The highest BCUT2D eigenvalue weighted by Gasteiger charge is 2.62. The zero-order valence-electron chi connectivity index (χ0n) is 14.1. The molecule has 3 rings (SSSR count). The summed E-state index contributed by atoms with van der Waals surface area (Å²) < 4.78 is 6.11. The molecule has 1 aliphatic heterocycles. The van der Waals surface area contributed by atoms with Crippen LogP contribution in [0.5, 0.6) is 0 Å². The molecule has 3 fully saturated rings. The number of rotatable bonds is 4. The molecule has 4 atom stereocenters. The van der Waals surface area contributed by atoms with E-state index in [1.807, 2.05) is 0 Å². The summed E-state index contributed by atoms with van der Waals surface area (Å²) in [6.45, 7) is 12.0. The Balaban J connectivity index is 1.53. The highest BCUT2D eigenvalue weighted by Crippen LogP contribution is 2.66. The number of ether oxygens (including phenoxy) is 1. The van der Waals surface area contributed by atoms with Gasteiger partial charge in [0.05, 0.1) is 6.10 Å². The van der Waals surface area contributed by atoms with Crippen LogP contribution in [0, 0.1) is 16.7 Å². The molecule has 2 bridgehead atoms. The Bertz CT molecular complexity index is 379. The Morgan fingerprint density at radius 1 is 1.19 bits per heavy atom. The quantitative estimate of drug-likeness (QED) is 0.802. The number of hydrogen-bond donors (Lipinski definition) is 1. The lowest BCUT2D eigenvalue weighted by molar-refractivity contribution is -0.180. The molecule has 21 heavy (non-hydrogen) atoms. The SMILES string of the molecule is CN1CCN(C[C@H](O)O[C@@H]2C[C@H]3CC[C@@]2(C)C3(C)C)CC1. The van der Waals surface area contributed by atoms with Crippen LogP contribution in [0.3, 0.4) is 0 Å². The van der Waals surface area contributed by atoms with E-state index in [1.54, 1.807) is 0 Å². The van der Waals surface area contributed by atoms with Gasteiger partial charge in [0.2, 0.25) is 0 Å². The Morgan fingerprint density at radius 3 is 2.38 bits per heavy atom. The van der Waals surface area contributed by atoms with Crippen LogP contribution in [-0.2, 0) is 4.74 Å². The fourth-order valence-corrected chi connectivity index (χ4v) is 4.82. The predicted octanol–water partition coefficient (Wildman–Crippen LogP) is 1.78. The van der Waals surface area contributed by atoms with E-state index < -0.39 is 6.29 Å². The van der Waals surface area contributed by atoms with Crippen LogP contribution >= 0.6 is 0 Å². The lowest BCUT2D eigenvalue weighted by Crippen LogP contribution is -2.48. The van der Waals surface area contributed by atoms with E-state index in [9.17, 15) is 5.11 Å². The number of β-amino-alcohol motifs (C(OH)–C–C–N with tert-alkyl or cyclic N) is 1. The first kappa shape index (κ1) is 15.7. The third-order valence-corrected chi connectivity index (χ3v) is 7.05. The van der Waals surface area contributed by atoms with E-state index in [-0.39, 0.29) is 11.5 Å². The summed E-state index contributed by atoms with van der Waals surface area (Å²) in [7, 11) is 2.16. The average molecular weight is 296 g/mol. The summed E-state index contributed by atoms with van der Waals surface area (Å²) in [6, 6.07) is 0. The van der Waals surface area contributed by atoms with Gasteiger partial charge in [-0.05, 0) is 43.1 Å². The van der Waals surface area contributed by atoms with Crippen molar-refractivity contribution in [2.45, 2.75) is 52.4 Å². The molecule has 4 nitrogen and oxygen atoms in total. The van der Waals surface area contributed by atoms with Crippen molar-refractivity contribution in [1.29, 1.82) is 0 Å². The molecule has 0 spiro atoms. The summed E-state index contributed by atoms with van der Waals surface area (Å²) in [6.07, 6.45) is 3.30. The molecule has 0 amide bonds. The van der Waals surface area contributed by atoms with Crippen LogP contribution in [0.4, 0.5) is 0 Å². The summed E-state index contributed by atoms with van der Waals surface area (Å²) in [5, 5.41) is 10.4. The van der Waals surface area contributed by atoms with Crippen molar-refractivity contribution in [1.82, 2.24) is 9.80 Å². The molecule has 0 aromatic carbocycles. The number of fused-ring (bicyclic) bond motifs is 2. The van der Waals surface area contributed by atoms with Crippen molar-refractivity contribution in [3.8, 4) is 0 Å². The Morgan fingerprint density at radius 2 is 1.86 bits per heavy atom. The lowest BCUT2D eigenvalue weighted by atomic mass is 9.70. The second-order valence-corrected chi connectivity index (χ2v) is 8.29. The van der Waals surface area contributed by atoms with E-state index in [1.165, 1.54) is 12.8 Å². The molecule has 1 heterocycles. The van der Waals surface area contributed by atoms with Gasteiger partial charge < -0.3 is 14.7 Å². The maximum atomic E-state index is 10.4. The van der Waals surface area contributed by atoms with Gasteiger partial charge in [-0.3, -0.25) is 4.90 Å². The lowest BCUT2D eigenvalue weighted by Gasteiger charge is -2.40. The zero-order valence-corrected chi connectivity index (χ0v) is 14.1. The number of piperazine rings is 1. The second-order valence-electron chi connectivity index (χ2n) is 8.29. The van der Waals surface area contributed by atoms with Gasteiger partial charge in [0.1, 0.15) is 0 Å². The third-order valence-electron chi connectivity index (χ3n) is 7.05. The zero-order chi connectivity index (χ0) is 15.3. The molecular formula is C17H32N2O2. The van der Waals surface area contributed by atoms with Crippen molar-refractivity contribution in [2.75, 3.05) is 39.8 Å². The van der Waals surface area contributed by atoms with Gasteiger partial charge in [-0.1, -0.05) is 20.8 Å². The molecule has 0 aromatic heterocycles. The summed E-state index contributed by atoms with van der Waals surface area (Å²) >= 11 is 0. The molecule has 0 radical (unpaired) electrons. The largest absolute Gasteiger partial charge is 0.367 e. The van der Waals surface area contributed by atoms with Gasteiger partial charge in [-0.25, -0.2) is 0 Å². The van der Waals surface area contributed by atoms with Gasteiger partial charge in [-0.2, -0.15) is 0 Å². The minimum Gasteiger partial charge on any atom is -0.367 e. The van der Waals surface area contributed by atoms with E-state index in [2.05, 4.69) is 37.6 Å². The molecule has 2 saturated carbocycles. The molecular weight excluding hydrogens is 264 g/mol. The predicted molar refractivity (Wildman–Crippen MR) is 84.0 cm³/mol. The monoisotopic (exact) mass is 296 g/mol. The van der Waals surface area contributed by atoms with E-state index in [0.717, 1.165) is 38.5 Å². The normalized spacial score (nSPS) is 41.6. The molecule has 122 valence electrons. The third kappa shape index (κ3) is 2.65. The van der Waals surface area contributed by atoms with Crippen molar-refractivity contribution in [2.24, 2.45) is 16.7 Å². The molecule has 3 aliphatic rings. The van der Waals surface area contributed by atoms with Crippen molar-refractivity contribution >= 4 is 0 Å². The molecule has 0 unspecified atom stereocenters. The number of nitrogens with zero attached hydrogens (tertiary/aromatic N) is 2. The number of aliphatic hydroxyl groups is 1. The van der Waals surface area contributed by atoms with Crippen LogP contribution in [0.2, 0.25) is 0 Å². The van der Waals surface area contributed by atoms with E-state index in [0.29, 0.717) is 12.0 Å². The molecule has 2 aliphatic carbocycles. The van der Waals surface area contributed by atoms with Crippen molar-refractivity contribution < 1.29 is 9.84 Å². The van der Waals surface area contributed by atoms with E-state index in [4.69, 9.17) is 4.74 Å². The molecule has 1 saturated heterocycles. The highest BCUT2D eigenvalue weighted by atomic mass is 16.6. The fourth-order valence-electron chi connectivity index (χ4n) is 4.82. The van der Waals surface area contributed by atoms with Crippen molar-refractivity contribution in [3.05, 3.63) is 0 Å². The smallest absolute Gasteiger partial charge is 0.167 e. The number of likely N-dealkylation sites (N-methyl/N-ethyl adjacent to an activating group) is 1. The second kappa shape index (κ2) is 5.48. The fraction of sp³-hybridized carbons (Fsp3) is 1.00. The van der Waals surface area contributed by atoms with Crippen LogP contribution in [0.1, 0.15) is 40.0 Å². The summed E-state index contributed by atoms with van der Waals surface area (Å²) in [4.78, 5) is 4.66. The van der Waals surface area contributed by atoms with Crippen LogP contribution in [-0.4, -0.2) is 67.1 Å². The first-order chi connectivity index (χ1) is 9.83. The molecule has 4 heteroatoms. The number of aliphatic hydroxyl groups excluding tert-OH is 1. The summed E-state index contributed by atoms with van der Waals surface area (Å²) in [5.74, 6) is 0.767. The maximum Gasteiger partial charge on any atom is 0.167 e. The maximum absolute atomic E-state index is 10.4. The Kier molecular flexibility index (Phi) is 4.11. The van der Waals surface area contributed by atoms with Gasteiger partial charge >= 0.3 is 0 Å². The van der Waals surface area contributed by atoms with Crippen molar-refractivity contribution in [3.63, 3.8) is 0 Å². The van der Waals surface area contributed by atoms with Crippen LogP contribution < -0.4 is 0 Å². The van der Waals surface area contributed by atoms with E-state index >= 15 is 0 Å². The minimum absolute atomic E-state index is 0.230. The minimum atomic E-state index is -0.634. The molecule has 1 N–H and O–H groups in total. The van der Waals surface area contributed by atoms with Crippen LogP contribution in [0.25, 0.3) is 0 Å². The Labute approximate surface area is 129 Å². The van der Waals surface area contributed by atoms with Gasteiger partial charge in [0.15, 0.2) is 6.29 Å². The average Bonchev–Trinajstić information content (AvgIpc) is 2.74. The van der Waals surface area contributed by atoms with Gasteiger partial charge in [0.25, 0.3) is 0 Å². The number of hydrogen-bond acceptors (Lipinski definition) is 4. The first-order valence-corrected chi connectivity index (χ1v) is 8.57. The highest BCUT2D eigenvalue weighted by molar-refractivity contribution is 5.11.